The van der Waals surface area contributed by atoms with Crippen molar-refractivity contribution in [2.45, 2.75) is 13.5 Å². The second-order valence-corrected chi connectivity index (χ2v) is 4.74. The van der Waals surface area contributed by atoms with Crippen molar-refractivity contribution in [2.24, 2.45) is 0 Å². The molecule has 0 aromatic carbocycles. The van der Waals surface area contributed by atoms with Crippen LogP contribution < -0.4 is 5.32 Å². The average molecular weight is 249 g/mol. The van der Waals surface area contributed by atoms with Gasteiger partial charge in [-0.15, -0.1) is 11.3 Å². The number of carbonyl (C=O) groups is 1. The van der Waals surface area contributed by atoms with Crippen molar-refractivity contribution in [3.63, 3.8) is 0 Å². The van der Waals surface area contributed by atoms with Crippen LogP contribution in [0.3, 0.4) is 0 Å². The second-order valence-electron chi connectivity index (χ2n) is 3.43. The van der Waals surface area contributed by atoms with E-state index in [0.717, 1.165) is 9.88 Å². The lowest BCUT2D eigenvalue weighted by atomic mass is 10.2. The number of pyridine rings is 1. The van der Waals surface area contributed by atoms with Crippen molar-refractivity contribution in [1.82, 2.24) is 9.97 Å². The van der Waals surface area contributed by atoms with Gasteiger partial charge in [-0.3, -0.25) is 4.98 Å². The van der Waals surface area contributed by atoms with Crippen LogP contribution in [0.4, 0.5) is 5.69 Å². The number of anilines is 1. The Morgan fingerprint density at radius 1 is 1.53 bits per heavy atom. The minimum atomic E-state index is -0.963. The number of aromatic nitrogens is 2. The number of aryl methyl sites for hydroxylation is 1. The molecule has 0 atom stereocenters. The summed E-state index contributed by atoms with van der Waals surface area (Å²) in [6.07, 6.45) is 4.76. The highest BCUT2D eigenvalue weighted by molar-refractivity contribution is 7.11. The molecule has 2 heterocycles. The van der Waals surface area contributed by atoms with Gasteiger partial charge in [-0.1, -0.05) is 0 Å². The van der Waals surface area contributed by atoms with Gasteiger partial charge in [0.25, 0.3) is 0 Å². The monoisotopic (exact) mass is 249 g/mol. The summed E-state index contributed by atoms with van der Waals surface area (Å²) >= 11 is 1.58. The van der Waals surface area contributed by atoms with Crippen LogP contribution in [-0.4, -0.2) is 21.0 Å². The highest BCUT2D eigenvalue weighted by Gasteiger charge is 2.09. The van der Waals surface area contributed by atoms with Gasteiger partial charge in [-0.05, 0) is 13.0 Å². The van der Waals surface area contributed by atoms with Gasteiger partial charge < -0.3 is 10.4 Å². The third kappa shape index (κ3) is 2.79. The first kappa shape index (κ1) is 11.5. The Morgan fingerprint density at radius 2 is 2.35 bits per heavy atom. The number of aromatic carboxylic acids is 1. The minimum Gasteiger partial charge on any atom is -0.478 e. The average Bonchev–Trinajstić information content (AvgIpc) is 2.73. The standard InChI is InChI=1S/C11H11N3O2S/c1-7-13-4-8(17-7)5-14-10-6-12-3-2-9(10)11(15)16/h2-4,6,14H,5H2,1H3,(H,15,16). The third-order valence-corrected chi connectivity index (χ3v) is 3.09. The van der Waals surface area contributed by atoms with Crippen LogP contribution in [0.15, 0.2) is 24.7 Å². The van der Waals surface area contributed by atoms with Gasteiger partial charge in [0, 0.05) is 17.3 Å². The molecule has 17 heavy (non-hydrogen) atoms. The lowest BCUT2D eigenvalue weighted by Crippen LogP contribution is -2.06. The fraction of sp³-hybridized carbons (Fsp3) is 0.182. The predicted molar refractivity (Wildman–Crippen MR) is 65.4 cm³/mol. The van der Waals surface area contributed by atoms with Gasteiger partial charge in [-0.25, -0.2) is 9.78 Å². The predicted octanol–water partition coefficient (Wildman–Crippen LogP) is 2.16. The van der Waals surface area contributed by atoms with E-state index in [1.54, 1.807) is 17.5 Å². The number of nitrogens with one attached hydrogen (secondary N) is 1. The summed E-state index contributed by atoms with van der Waals surface area (Å²) in [6.45, 7) is 2.48. The molecule has 0 fully saturated rings. The normalized spacial score (nSPS) is 10.2. The Labute approximate surface area is 102 Å². The molecule has 2 aromatic heterocycles. The molecule has 0 aliphatic carbocycles. The highest BCUT2D eigenvalue weighted by Crippen LogP contribution is 2.17. The number of nitrogens with zero attached hydrogens (tertiary/aromatic N) is 2. The first-order valence-corrected chi connectivity index (χ1v) is 5.81. The molecule has 0 spiro atoms. The topological polar surface area (TPSA) is 75.1 Å². The van der Waals surface area contributed by atoms with Gasteiger partial charge in [0.2, 0.25) is 0 Å². The van der Waals surface area contributed by atoms with Crippen LogP contribution in [0, 0.1) is 6.92 Å². The number of thiazole rings is 1. The van der Waals surface area contributed by atoms with Crippen LogP contribution in [0.25, 0.3) is 0 Å². The van der Waals surface area contributed by atoms with E-state index in [2.05, 4.69) is 15.3 Å². The SMILES string of the molecule is Cc1ncc(CNc2cnccc2C(=O)O)s1. The summed E-state index contributed by atoms with van der Waals surface area (Å²) < 4.78 is 0. The molecule has 0 bridgehead atoms. The number of hydrogen-bond donors (Lipinski definition) is 2. The number of carboxylic acids is 1. The Balaban J connectivity index is 2.11. The molecule has 0 unspecified atom stereocenters. The summed E-state index contributed by atoms with van der Waals surface area (Å²) in [5.41, 5.74) is 0.743. The molecule has 0 aliphatic heterocycles. The largest absolute Gasteiger partial charge is 0.478 e. The van der Waals surface area contributed by atoms with E-state index in [1.807, 2.05) is 6.92 Å². The summed E-state index contributed by atoms with van der Waals surface area (Å²) in [7, 11) is 0. The lowest BCUT2D eigenvalue weighted by Gasteiger charge is -2.06. The summed E-state index contributed by atoms with van der Waals surface area (Å²) in [5, 5.41) is 13.0. The molecule has 2 aromatic rings. The van der Waals surface area contributed by atoms with E-state index < -0.39 is 5.97 Å². The third-order valence-electron chi connectivity index (χ3n) is 2.17. The molecule has 0 saturated carbocycles. The van der Waals surface area contributed by atoms with Crippen LogP contribution in [0.2, 0.25) is 0 Å². The van der Waals surface area contributed by atoms with Crippen molar-refractivity contribution in [2.75, 3.05) is 5.32 Å². The first-order chi connectivity index (χ1) is 8.16. The Hall–Kier alpha value is -1.95. The van der Waals surface area contributed by atoms with E-state index in [-0.39, 0.29) is 5.56 Å². The lowest BCUT2D eigenvalue weighted by molar-refractivity contribution is 0.0698. The fourth-order valence-electron chi connectivity index (χ4n) is 1.39. The molecule has 0 saturated heterocycles. The van der Waals surface area contributed by atoms with E-state index in [1.165, 1.54) is 18.5 Å². The number of hydrogen-bond acceptors (Lipinski definition) is 5. The summed E-state index contributed by atoms with van der Waals surface area (Å²) in [4.78, 5) is 20.1. The molecular formula is C11H11N3O2S. The Kier molecular flexibility index (Phi) is 3.34. The van der Waals surface area contributed by atoms with Crippen LogP contribution >= 0.6 is 11.3 Å². The van der Waals surface area contributed by atoms with E-state index in [0.29, 0.717) is 12.2 Å². The molecule has 2 rings (SSSR count). The summed E-state index contributed by atoms with van der Waals surface area (Å²) in [6, 6.07) is 1.47. The van der Waals surface area contributed by atoms with Gasteiger partial charge in [-0.2, -0.15) is 0 Å². The Bertz CT molecular complexity index is 539. The zero-order chi connectivity index (χ0) is 12.3. The smallest absolute Gasteiger partial charge is 0.337 e. The van der Waals surface area contributed by atoms with E-state index >= 15 is 0 Å². The van der Waals surface area contributed by atoms with E-state index in [9.17, 15) is 4.79 Å². The van der Waals surface area contributed by atoms with Crippen molar-refractivity contribution in [1.29, 1.82) is 0 Å². The molecular weight excluding hydrogens is 238 g/mol. The van der Waals surface area contributed by atoms with Gasteiger partial charge >= 0.3 is 5.97 Å². The van der Waals surface area contributed by atoms with Crippen LogP contribution in [-0.2, 0) is 6.54 Å². The van der Waals surface area contributed by atoms with Gasteiger partial charge in [0.15, 0.2) is 0 Å². The second kappa shape index (κ2) is 4.92. The quantitative estimate of drug-likeness (QED) is 0.868. The molecule has 0 radical (unpaired) electrons. The van der Waals surface area contributed by atoms with Crippen molar-refractivity contribution < 1.29 is 9.90 Å². The van der Waals surface area contributed by atoms with Crippen LogP contribution in [0.1, 0.15) is 20.2 Å². The van der Waals surface area contributed by atoms with Gasteiger partial charge in [0.1, 0.15) is 0 Å². The Morgan fingerprint density at radius 3 is 3.00 bits per heavy atom. The van der Waals surface area contributed by atoms with Crippen molar-refractivity contribution >= 4 is 23.0 Å². The molecule has 6 heteroatoms. The number of rotatable bonds is 4. The molecule has 0 aliphatic rings. The summed E-state index contributed by atoms with van der Waals surface area (Å²) in [5.74, 6) is -0.963. The molecule has 0 amide bonds. The maximum absolute atomic E-state index is 11.0. The maximum atomic E-state index is 11.0. The van der Waals surface area contributed by atoms with Crippen molar-refractivity contribution in [3.05, 3.63) is 40.1 Å². The van der Waals surface area contributed by atoms with Crippen LogP contribution in [0.5, 0.6) is 0 Å². The molecule has 5 nitrogen and oxygen atoms in total. The zero-order valence-electron chi connectivity index (χ0n) is 9.17. The van der Waals surface area contributed by atoms with Crippen molar-refractivity contribution in [3.8, 4) is 0 Å². The first-order valence-electron chi connectivity index (χ1n) is 4.99. The van der Waals surface area contributed by atoms with E-state index in [4.69, 9.17) is 5.11 Å². The molecule has 88 valence electrons. The number of carboxylic acid groups (broad SMARTS) is 1. The van der Waals surface area contributed by atoms with Gasteiger partial charge in [0.05, 0.1) is 29.0 Å². The molecule has 2 N–H and O–H groups in total. The minimum absolute atomic E-state index is 0.223. The maximum Gasteiger partial charge on any atom is 0.337 e. The highest BCUT2D eigenvalue weighted by atomic mass is 32.1. The zero-order valence-corrected chi connectivity index (χ0v) is 9.99. The fourth-order valence-corrected chi connectivity index (χ4v) is 2.13.